The number of aromatic hydroxyl groups is 1. The van der Waals surface area contributed by atoms with Crippen molar-refractivity contribution < 1.29 is 29.6 Å². The number of carbonyl (C=O) groups is 1. The number of benzene rings is 1. The molecule has 1 saturated heterocycles. The molecule has 48 heavy (non-hydrogen) atoms. The molecule has 2 heterocycles. The standard InChI is InChI=1S/C32H25ClN4O11/c1-47-16-9-15(38)19-20(25(16)40)27(42)22-21(26(19)41)29(44)32(30(22)45)3-2-13-23(32)28(43)18-14(24(13)33)8-12(35-31(18)46)10-34-36-17(39)11-37-4-6-48-7-5-37/h8-10,43-45H,2-7,11H2,1H3,(H,35,46)(H,36,39)/b34-10+/t32-/m0/s1. The second-order valence-corrected chi connectivity index (χ2v) is 12.1. The van der Waals surface area contributed by atoms with Crippen LogP contribution in [0.15, 0.2) is 41.2 Å². The van der Waals surface area contributed by atoms with Gasteiger partial charge >= 0.3 is 0 Å². The number of aromatic nitrogens is 1. The van der Waals surface area contributed by atoms with E-state index >= 15 is 0 Å². The molecule has 0 bridgehead atoms. The minimum Gasteiger partial charge on any atom is -0.510 e. The fraction of sp³-hybridized carbons (Fsp3) is 0.281. The number of nitrogens with zero attached hydrogens (tertiary/aromatic N) is 2. The van der Waals surface area contributed by atoms with Crippen molar-refractivity contribution >= 4 is 46.0 Å². The number of phenolic OH excluding ortho intramolecular Hbond substituents is 1. The summed E-state index contributed by atoms with van der Waals surface area (Å²) in [6, 6.07) is 2.17. The first-order valence-corrected chi connectivity index (χ1v) is 15.1. The van der Waals surface area contributed by atoms with Crippen molar-refractivity contribution in [1.29, 1.82) is 0 Å². The Morgan fingerprint density at radius 1 is 1.04 bits per heavy atom. The van der Waals surface area contributed by atoms with Gasteiger partial charge in [-0.15, -0.1) is 0 Å². The number of aromatic amines is 1. The topological polar surface area (TPSA) is 225 Å². The van der Waals surface area contributed by atoms with E-state index in [4.69, 9.17) is 21.1 Å². The first kappa shape index (κ1) is 31.2. The highest BCUT2D eigenvalue weighted by atomic mass is 35.5. The largest absolute Gasteiger partial charge is 0.510 e. The summed E-state index contributed by atoms with van der Waals surface area (Å²) in [5, 5.41) is 35.5. The molecule has 1 atom stereocenters. The number of hydrogen-bond acceptors (Lipinski definition) is 13. The molecule has 1 aliphatic heterocycles. The molecule has 1 amide bonds. The van der Waals surface area contributed by atoms with Crippen LogP contribution in [0.5, 0.6) is 11.5 Å². The third kappa shape index (κ3) is 4.24. The number of halogens is 1. The molecule has 1 spiro atoms. The maximum atomic E-state index is 13.7. The number of rotatable bonds is 5. The number of aliphatic hydroxyl groups is 2. The number of amides is 1. The van der Waals surface area contributed by atoms with Crippen LogP contribution in [0.1, 0.15) is 23.2 Å². The lowest BCUT2D eigenvalue weighted by Gasteiger charge is -2.27. The lowest BCUT2D eigenvalue weighted by molar-refractivity contribution is -0.123. The van der Waals surface area contributed by atoms with Gasteiger partial charge in [-0.3, -0.25) is 33.7 Å². The minimum absolute atomic E-state index is 0.00291. The van der Waals surface area contributed by atoms with Crippen molar-refractivity contribution in [3.63, 3.8) is 0 Å². The van der Waals surface area contributed by atoms with Crippen LogP contribution >= 0.6 is 11.6 Å². The summed E-state index contributed by atoms with van der Waals surface area (Å²) in [5.74, 6) is -3.22. The molecular weight excluding hydrogens is 652 g/mol. The summed E-state index contributed by atoms with van der Waals surface area (Å²) < 4.78 is 10.2. The van der Waals surface area contributed by atoms with Crippen LogP contribution in [0.25, 0.3) is 22.3 Å². The molecule has 0 radical (unpaired) electrons. The lowest BCUT2D eigenvalue weighted by Crippen LogP contribution is -2.51. The molecular formula is C32H25ClN4O11. The second kappa shape index (κ2) is 11.1. The minimum atomic E-state index is -2.09. The molecule has 0 unspecified atom stereocenters. The number of pyridine rings is 1. The smallest absolute Gasteiger partial charge is 0.260 e. The number of nitrogens with one attached hydrogen (secondary N) is 2. The van der Waals surface area contributed by atoms with E-state index in [1.807, 2.05) is 4.90 Å². The fourth-order valence-corrected chi connectivity index (χ4v) is 7.39. The Bertz CT molecular complexity index is 2620. The molecule has 1 aromatic carbocycles. The van der Waals surface area contributed by atoms with E-state index in [-0.39, 0.29) is 57.9 Å². The average molecular weight is 677 g/mol. The predicted molar refractivity (Wildman–Crippen MR) is 171 cm³/mol. The molecule has 7 rings (SSSR count). The van der Waals surface area contributed by atoms with Crippen LogP contribution in [-0.4, -0.2) is 77.3 Å². The van der Waals surface area contributed by atoms with Crippen LogP contribution in [-0.2, 0) is 21.4 Å². The number of H-pyrrole nitrogens is 1. The molecule has 1 fully saturated rings. The first-order valence-electron chi connectivity index (χ1n) is 14.7. The van der Waals surface area contributed by atoms with Gasteiger partial charge in [0.05, 0.1) is 70.1 Å². The molecule has 5 N–H and O–H groups in total. The number of morpholine rings is 1. The number of fused-ring (bicyclic) bond motifs is 4. The van der Waals surface area contributed by atoms with Crippen molar-refractivity contribution in [2.75, 3.05) is 40.0 Å². The zero-order valence-corrected chi connectivity index (χ0v) is 25.8. The van der Waals surface area contributed by atoms with E-state index < -0.39 is 76.6 Å². The van der Waals surface area contributed by atoms with E-state index in [9.17, 15) is 44.1 Å². The van der Waals surface area contributed by atoms with E-state index in [1.54, 1.807) is 0 Å². The maximum absolute atomic E-state index is 13.7. The van der Waals surface area contributed by atoms with Gasteiger partial charge in [-0.05, 0) is 24.5 Å². The van der Waals surface area contributed by atoms with Crippen molar-refractivity contribution in [3.8, 4) is 11.5 Å². The summed E-state index contributed by atoms with van der Waals surface area (Å²) >= 11 is 6.79. The molecule has 5 aliphatic rings. The summed E-state index contributed by atoms with van der Waals surface area (Å²) in [7, 11) is 1.10. The van der Waals surface area contributed by atoms with Gasteiger partial charge in [-0.25, -0.2) is 5.43 Å². The van der Waals surface area contributed by atoms with Crippen LogP contribution in [0.3, 0.4) is 0 Å². The quantitative estimate of drug-likeness (QED) is 0.114. The van der Waals surface area contributed by atoms with Crippen LogP contribution in [0.2, 0.25) is 5.02 Å². The zero-order chi connectivity index (χ0) is 34.2. The van der Waals surface area contributed by atoms with Gasteiger partial charge in [0.1, 0.15) is 22.7 Å². The van der Waals surface area contributed by atoms with Crippen molar-refractivity contribution in [3.05, 3.63) is 106 Å². The Hall–Kier alpha value is -5.38. The zero-order valence-electron chi connectivity index (χ0n) is 25.1. The molecule has 2 aromatic rings. The van der Waals surface area contributed by atoms with Gasteiger partial charge in [0, 0.05) is 30.1 Å². The lowest BCUT2D eigenvalue weighted by atomic mass is 9.78. The fourth-order valence-electron chi connectivity index (χ4n) is 7.05. The third-order valence-electron chi connectivity index (χ3n) is 9.24. The van der Waals surface area contributed by atoms with E-state index in [0.717, 1.165) is 13.2 Å². The van der Waals surface area contributed by atoms with Gasteiger partial charge in [-0.1, -0.05) is 11.6 Å². The van der Waals surface area contributed by atoms with Crippen molar-refractivity contribution in [1.82, 2.24) is 15.3 Å². The van der Waals surface area contributed by atoms with Crippen molar-refractivity contribution in [2.24, 2.45) is 5.10 Å². The summed E-state index contributed by atoms with van der Waals surface area (Å²) in [5.41, 5.74) is -4.81. The van der Waals surface area contributed by atoms with Gasteiger partial charge in [-0.2, -0.15) is 5.10 Å². The number of ether oxygens (including phenoxy) is 2. The molecule has 15 nitrogen and oxygen atoms in total. The number of hydrazone groups is 1. The molecule has 4 aliphatic carbocycles. The maximum Gasteiger partial charge on any atom is 0.260 e. The Balaban J connectivity index is 1.37. The van der Waals surface area contributed by atoms with E-state index in [2.05, 4.69) is 15.5 Å². The average Bonchev–Trinajstić information content (AvgIpc) is 3.57. The van der Waals surface area contributed by atoms with Crippen LogP contribution < -0.4 is 47.9 Å². The van der Waals surface area contributed by atoms with Crippen LogP contribution in [0, 0.1) is 10.4 Å². The number of aliphatic hydroxyl groups excluding tert-OH is 2. The van der Waals surface area contributed by atoms with Gasteiger partial charge in [0.2, 0.25) is 16.3 Å². The first-order chi connectivity index (χ1) is 22.9. The summed E-state index contributed by atoms with van der Waals surface area (Å²) in [6.45, 7) is 2.34. The highest BCUT2D eigenvalue weighted by Gasteiger charge is 2.53. The Labute approximate surface area is 271 Å². The van der Waals surface area contributed by atoms with Gasteiger partial charge < -0.3 is 29.8 Å². The monoisotopic (exact) mass is 676 g/mol. The summed E-state index contributed by atoms with van der Waals surface area (Å²) in [4.78, 5) is 83.2. The van der Waals surface area contributed by atoms with Crippen LogP contribution in [0.4, 0.5) is 0 Å². The Kier molecular flexibility index (Phi) is 7.23. The predicted octanol–water partition coefficient (Wildman–Crippen LogP) is -2.05. The number of phenols is 1. The number of carbonyl (C=O) groups excluding carboxylic acids is 1. The summed E-state index contributed by atoms with van der Waals surface area (Å²) in [6.07, 6.45) is 0.988. The third-order valence-corrected chi connectivity index (χ3v) is 9.67. The van der Waals surface area contributed by atoms with E-state index in [1.165, 1.54) is 12.3 Å². The molecule has 16 heteroatoms. The van der Waals surface area contributed by atoms with Crippen molar-refractivity contribution in [2.45, 2.75) is 18.3 Å². The molecule has 1 aromatic heterocycles. The molecule has 0 saturated carbocycles. The highest BCUT2D eigenvalue weighted by molar-refractivity contribution is 6.37. The highest BCUT2D eigenvalue weighted by Crippen LogP contribution is 2.56. The van der Waals surface area contributed by atoms with E-state index in [0.29, 0.717) is 26.3 Å². The SMILES string of the molecule is COc1cc(=O)c2c(=O)c3c(c(=O)c=2c1=O)=C(O)[C@]1(CCc2c1c(O)c1c(=O)[nH]c(/C=N/NC(=O)CN4CCOCC4)cc1c2Cl)C=3O. The Morgan fingerprint density at radius 3 is 2.38 bits per heavy atom. The van der Waals surface area contributed by atoms with Gasteiger partial charge in [0.15, 0.2) is 11.2 Å². The number of hydrogen-bond donors (Lipinski definition) is 5. The van der Waals surface area contributed by atoms with Gasteiger partial charge in [0.25, 0.3) is 11.5 Å². The second-order valence-electron chi connectivity index (χ2n) is 11.7. The number of methoxy groups -OCH3 is 1. The normalized spacial score (nSPS) is 19.1. The molecule has 246 valence electrons. The Morgan fingerprint density at radius 2 is 1.71 bits per heavy atom.